The number of amides is 1. The van der Waals surface area contributed by atoms with Crippen molar-refractivity contribution in [2.75, 3.05) is 13.2 Å². The lowest BCUT2D eigenvalue weighted by atomic mass is 9.86. The molecule has 0 aromatic heterocycles. The van der Waals surface area contributed by atoms with Gasteiger partial charge in [0.05, 0.1) is 6.61 Å². The zero-order valence-electron chi connectivity index (χ0n) is 15.6. The van der Waals surface area contributed by atoms with Crippen LogP contribution in [-0.4, -0.2) is 31.1 Å². The minimum atomic E-state index is -0.381. The van der Waals surface area contributed by atoms with E-state index in [1.54, 1.807) is 6.07 Å². The summed E-state index contributed by atoms with van der Waals surface area (Å²) in [6.07, 6.45) is 5.25. The summed E-state index contributed by atoms with van der Waals surface area (Å²) < 4.78 is 10.7. The van der Waals surface area contributed by atoms with Crippen LogP contribution < -0.4 is 10.1 Å². The van der Waals surface area contributed by atoms with Crippen molar-refractivity contribution in [3.8, 4) is 5.75 Å². The van der Waals surface area contributed by atoms with Crippen LogP contribution >= 0.6 is 11.6 Å². The van der Waals surface area contributed by atoms with E-state index in [0.717, 1.165) is 30.6 Å². The summed E-state index contributed by atoms with van der Waals surface area (Å²) in [5.74, 6) is 0.638. The molecule has 0 radical (unpaired) electrons. The van der Waals surface area contributed by atoms with Gasteiger partial charge < -0.3 is 14.8 Å². The monoisotopic (exact) mass is 381 g/mol. The van der Waals surface area contributed by atoms with Crippen molar-refractivity contribution >= 4 is 23.5 Å². The van der Waals surface area contributed by atoms with Crippen LogP contribution in [0.2, 0.25) is 5.02 Å². The van der Waals surface area contributed by atoms with Crippen LogP contribution in [0.1, 0.15) is 51.0 Å². The molecule has 1 aliphatic rings. The Bertz CT molecular complexity index is 620. The SMILES string of the molecule is Cc1cc(Cl)ccc1OCCCC(=O)OCC(=O)N[C@H]1CCCC[C@H]1C. The van der Waals surface area contributed by atoms with Gasteiger partial charge in [0.1, 0.15) is 5.75 Å². The lowest BCUT2D eigenvalue weighted by Gasteiger charge is -2.29. The molecule has 6 heteroatoms. The third kappa shape index (κ3) is 6.87. The lowest BCUT2D eigenvalue weighted by Crippen LogP contribution is -2.42. The molecule has 0 saturated heterocycles. The van der Waals surface area contributed by atoms with Crippen LogP contribution in [-0.2, 0) is 14.3 Å². The van der Waals surface area contributed by atoms with Gasteiger partial charge in [-0.3, -0.25) is 9.59 Å². The minimum absolute atomic E-state index is 0.200. The second-order valence-electron chi connectivity index (χ2n) is 6.96. The van der Waals surface area contributed by atoms with E-state index >= 15 is 0 Å². The van der Waals surface area contributed by atoms with Gasteiger partial charge in [0.25, 0.3) is 5.91 Å². The van der Waals surface area contributed by atoms with E-state index in [2.05, 4.69) is 12.2 Å². The average Bonchev–Trinajstić information content (AvgIpc) is 2.60. The minimum Gasteiger partial charge on any atom is -0.493 e. The summed E-state index contributed by atoms with van der Waals surface area (Å²) in [7, 11) is 0. The van der Waals surface area contributed by atoms with E-state index in [1.165, 1.54) is 6.42 Å². The average molecular weight is 382 g/mol. The molecule has 144 valence electrons. The van der Waals surface area contributed by atoms with Gasteiger partial charge in [-0.15, -0.1) is 0 Å². The molecule has 0 aliphatic heterocycles. The number of halogens is 1. The first-order valence-corrected chi connectivity index (χ1v) is 9.67. The maximum atomic E-state index is 11.9. The van der Waals surface area contributed by atoms with E-state index in [-0.39, 0.29) is 30.9 Å². The van der Waals surface area contributed by atoms with Gasteiger partial charge in [-0.05, 0) is 55.9 Å². The Kier molecular flexibility index (Phi) is 8.23. The number of hydrogen-bond acceptors (Lipinski definition) is 4. The molecular formula is C20H28ClNO4. The van der Waals surface area contributed by atoms with Gasteiger partial charge in [0.2, 0.25) is 0 Å². The number of esters is 1. The summed E-state index contributed by atoms with van der Waals surface area (Å²) in [4.78, 5) is 23.7. The topological polar surface area (TPSA) is 64.6 Å². The first-order chi connectivity index (χ1) is 12.5. The largest absolute Gasteiger partial charge is 0.493 e. The van der Waals surface area contributed by atoms with E-state index in [9.17, 15) is 9.59 Å². The molecule has 26 heavy (non-hydrogen) atoms. The first-order valence-electron chi connectivity index (χ1n) is 9.29. The van der Waals surface area contributed by atoms with E-state index in [0.29, 0.717) is 24.0 Å². The summed E-state index contributed by atoms with van der Waals surface area (Å²) in [6, 6.07) is 5.61. The second kappa shape index (κ2) is 10.4. The van der Waals surface area contributed by atoms with Crippen molar-refractivity contribution in [3.63, 3.8) is 0 Å². The predicted molar refractivity (Wildman–Crippen MR) is 101 cm³/mol. The molecule has 5 nitrogen and oxygen atoms in total. The van der Waals surface area contributed by atoms with Crippen LogP contribution in [0.3, 0.4) is 0 Å². The van der Waals surface area contributed by atoms with Gasteiger partial charge in [-0.25, -0.2) is 0 Å². The molecule has 1 fully saturated rings. The standard InChI is InChI=1S/C20H28ClNO4/c1-14-6-3-4-7-17(14)22-19(23)13-26-20(24)8-5-11-25-18-10-9-16(21)12-15(18)2/h9-10,12,14,17H,3-8,11,13H2,1-2H3,(H,22,23)/t14-,17+/m1/s1. The number of hydrogen-bond donors (Lipinski definition) is 1. The third-order valence-corrected chi connectivity index (χ3v) is 4.98. The van der Waals surface area contributed by atoms with Crippen molar-refractivity contribution in [2.45, 2.75) is 58.4 Å². The zero-order valence-corrected chi connectivity index (χ0v) is 16.3. The normalized spacial score (nSPS) is 19.7. The van der Waals surface area contributed by atoms with Gasteiger partial charge in [-0.1, -0.05) is 31.4 Å². The van der Waals surface area contributed by atoms with Crippen LogP contribution in [0, 0.1) is 12.8 Å². The van der Waals surface area contributed by atoms with Crippen molar-refractivity contribution < 1.29 is 19.1 Å². The second-order valence-corrected chi connectivity index (χ2v) is 7.39. The van der Waals surface area contributed by atoms with E-state index < -0.39 is 0 Å². The predicted octanol–water partition coefficient (Wildman–Crippen LogP) is 4.05. The Balaban J connectivity index is 1.59. The lowest BCUT2D eigenvalue weighted by molar-refractivity contribution is -0.149. The van der Waals surface area contributed by atoms with Crippen LogP contribution in [0.5, 0.6) is 5.75 Å². The fourth-order valence-corrected chi connectivity index (χ4v) is 3.40. The van der Waals surface area contributed by atoms with Crippen molar-refractivity contribution in [3.05, 3.63) is 28.8 Å². The number of aryl methyl sites for hydroxylation is 1. The van der Waals surface area contributed by atoms with Gasteiger partial charge in [0, 0.05) is 17.5 Å². The smallest absolute Gasteiger partial charge is 0.306 e. The Morgan fingerprint density at radius 3 is 2.77 bits per heavy atom. The number of carbonyl (C=O) groups is 2. The zero-order chi connectivity index (χ0) is 18.9. The third-order valence-electron chi connectivity index (χ3n) is 4.74. The molecule has 2 atom stereocenters. The Morgan fingerprint density at radius 1 is 1.27 bits per heavy atom. The molecule has 1 aromatic carbocycles. The number of carbonyl (C=O) groups excluding carboxylic acids is 2. The highest BCUT2D eigenvalue weighted by molar-refractivity contribution is 6.30. The number of rotatable bonds is 8. The molecule has 0 spiro atoms. The number of nitrogens with one attached hydrogen (secondary N) is 1. The molecule has 0 heterocycles. The van der Waals surface area contributed by atoms with Gasteiger partial charge in [-0.2, -0.15) is 0 Å². The summed E-state index contributed by atoms with van der Waals surface area (Å²) in [5.41, 5.74) is 0.952. The molecule has 1 saturated carbocycles. The fraction of sp³-hybridized carbons (Fsp3) is 0.600. The molecular weight excluding hydrogens is 354 g/mol. The summed E-state index contributed by atoms with van der Waals surface area (Å²) in [6.45, 7) is 4.27. The summed E-state index contributed by atoms with van der Waals surface area (Å²) in [5, 5.41) is 3.64. The van der Waals surface area contributed by atoms with Gasteiger partial charge in [0.15, 0.2) is 6.61 Å². The van der Waals surface area contributed by atoms with Crippen molar-refractivity contribution in [2.24, 2.45) is 5.92 Å². The molecule has 1 amide bonds. The van der Waals surface area contributed by atoms with Crippen LogP contribution in [0.25, 0.3) is 0 Å². The van der Waals surface area contributed by atoms with Crippen molar-refractivity contribution in [1.82, 2.24) is 5.32 Å². The Morgan fingerprint density at radius 2 is 2.04 bits per heavy atom. The molecule has 1 aliphatic carbocycles. The van der Waals surface area contributed by atoms with Crippen molar-refractivity contribution in [1.29, 1.82) is 0 Å². The highest BCUT2D eigenvalue weighted by Gasteiger charge is 2.23. The molecule has 1 N–H and O–H groups in total. The Labute approximate surface area is 160 Å². The Hall–Kier alpha value is -1.75. The fourth-order valence-electron chi connectivity index (χ4n) is 3.17. The molecule has 1 aromatic rings. The maximum absolute atomic E-state index is 11.9. The quantitative estimate of drug-likeness (QED) is 0.545. The van der Waals surface area contributed by atoms with Gasteiger partial charge >= 0.3 is 5.97 Å². The highest BCUT2D eigenvalue weighted by Crippen LogP contribution is 2.23. The van der Waals surface area contributed by atoms with E-state index in [4.69, 9.17) is 21.1 Å². The molecule has 0 unspecified atom stereocenters. The maximum Gasteiger partial charge on any atom is 0.306 e. The number of benzene rings is 1. The van der Waals surface area contributed by atoms with Crippen LogP contribution in [0.4, 0.5) is 0 Å². The first kappa shape index (κ1) is 20.6. The number of ether oxygens (including phenoxy) is 2. The van der Waals surface area contributed by atoms with E-state index in [1.807, 2.05) is 19.1 Å². The highest BCUT2D eigenvalue weighted by atomic mass is 35.5. The van der Waals surface area contributed by atoms with Crippen LogP contribution in [0.15, 0.2) is 18.2 Å². The summed E-state index contributed by atoms with van der Waals surface area (Å²) >= 11 is 5.90. The molecule has 0 bridgehead atoms. The molecule has 2 rings (SSSR count).